The summed E-state index contributed by atoms with van der Waals surface area (Å²) >= 11 is 1.63. The molecule has 6 nitrogen and oxygen atoms in total. The minimum atomic E-state index is -0.639. The lowest BCUT2D eigenvalue weighted by molar-refractivity contribution is -0.127. The molecule has 3 rings (SSSR count). The zero-order valence-electron chi connectivity index (χ0n) is 16.8. The van der Waals surface area contributed by atoms with Gasteiger partial charge < -0.3 is 19.9 Å². The quantitative estimate of drug-likeness (QED) is 0.521. The summed E-state index contributed by atoms with van der Waals surface area (Å²) in [5.41, 5.74) is 1.62. The highest BCUT2D eigenvalue weighted by Gasteiger charge is 2.21. The molecule has 2 amide bonds. The first kappa shape index (κ1) is 21.5. The van der Waals surface area contributed by atoms with E-state index in [2.05, 4.69) is 10.6 Å². The molecule has 156 valence electrons. The van der Waals surface area contributed by atoms with E-state index >= 15 is 0 Å². The van der Waals surface area contributed by atoms with Crippen molar-refractivity contribution in [3.63, 3.8) is 0 Å². The minimum Gasteiger partial charge on any atom is -0.484 e. The Labute approximate surface area is 180 Å². The Morgan fingerprint density at radius 3 is 2.53 bits per heavy atom. The Morgan fingerprint density at radius 2 is 1.80 bits per heavy atom. The molecule has 0 aliphatic carbocycles. The fourth-order valence-electron chi connectivity index (χ4n) is 2.89. The van der Waals surface area contributed by atoms with Gasteiger partial charge in [-0.05, 0) is 60.9 Å². The summed E-state index contributed by atoms with van der Waals surface area (Å²) in [6.07, 6.45) is 6.38. The molecule has 3 aromatic rings. The monoisotopic (exact) mass is 423 g/mol. The number of aromatic nitrogens is 1. The number of carbonyl (C=O) groups excluding carboxylic acids is 2. The second-order valence-electron chi connectivity index (χ2n) is 6.63. The summed E-state index contributed by atoms with van der Waals surface area (Å²) in [5, 5.41) is 5.71. The van der Waals surface area contributed by atoms with Crippen LogP contribution in [-0.4, -0.2) is 41.0 Å². The predicted molar refractivity (Wildman–Crippen MR) is 121 cm³/mol. The third-order valence-corrected chi connectivity index (χ3v) is 5.04. The lowest BCUT2D eigenvalue weighted by atomic mass is 10.2. The topological polar surface area (TPSA) is 72.4 Å². The standard InChI is InChI=1S/C23H25N3O3S/c1-30-15-12-21(25-22(27)17-29-20-10-3-2-4-11-20)23(28)24-18-8-7-9-19(16-18)26-13-5-6-14-26/h2-11,13-14,16,21H,12,15,17H2,1H3,(H,24,28)(H,25,27). The molecule has 1 atom stereocenters. The van der Waals surface area contributed by atoms with Crippen LogP contribution in [0.5, 0.6) is 5.75 Å². The molecular formula is C23H25N3O3S. The maximum absolute atomic E-state index is 12.8. The number of hydrogen-bond donors (Lipinski definition) is 2. The average Bonchev–Trinajstić information content (AvgIpc) is 3.31. The molecule has 2 aromatic carbocycles. The van der Waals surface area contributed by atoms with Crippen LogP contribution in [0.1, 0.15) is 6.42 Å². The maximum atomic E-state index is 12.8. The Kier molecular flexibility index (Phi) is 7.97. The molecule has 0 saturated carbocycles. The molecule has 1 aromatic heterocycles. The van der Waals surface area contributed by atoms with Crippen molar-refractivity contribution in [2.45, 2.75) is 12.5 Å². The number of ether oxygens (including phenoxy) is 1. The van der Waals surface area contributed by atoms with Gasteiger partial charge in [0.2, 0.25) is 5.91 Å². The number of benzene rings is 2. The van der Waals surface area contributed by atoms with Gasteiger partial charge in [0.25, 0.3) is 5.91 Å². The lowest BCUT2D eigenvalue weighted by Crippen LogP contribution is -2.45. The Hall–Kier alpha value is -3.19. The van der Waals surface area contributed by atoms with Crippen molar-refractivity contribution in [1.29, 1.82) is 0 Å². The van der Waals surface area contributed by atoms with Crippen molar-refractivity contribution in [1.82, 2.24) is 9.88 Å². The summed E-state index contributed by atoms with van der Waals surface area (Å²) in [6.45, 7) is -0.143. The molecule has 30 heavy (non-hydrogen) atoms. The normalized spacial score (nSPS) is 11.5. The number of hydrogen-bond acceptors (Lipinski definition) is 4. The Balaban J connectivity index is 1.60. The summed E-state index contributed by atoms with van der Waals surface area (Å²) in [5.74, 6) is 0.781. The number of carbonyl (C=O) groups is 2. The van der Waals surface area contributed by atoms with Crippen LogP contribution in [0.15, 0.2) is 79.1 Å². The Bertz CT molecular complexity index is 945. The van der Waals surface area contributed by atoms with Crippen LogP contribution < -0.4 is 15.4 Å². The SMILES string of the molecule is CSCCC(NC(=O)COc1ccccc1)C(=O)Nc1cccc(-n2cccc2)c1. The summed E-state index contributed by atoms with van der Waals surface area (Å²) < 4.78 is 7.44. The fourth-order valence-corrected chi connectivity index (χ4v) is 3.36. The van der Waals surface area contributed by atoms with Crippen molar-refractivity contribution >= 4 is 29.3 Å². The molecule has 0 radical (unpaired) electrons. The van der Waals surface area contributed by atoms with E-state index in [4.69, 9.17) is 4.74 Å². The summed E-state index contributed by atoms with van der Waals surface area (Å²) in [6, 6.07) is 19.9. The molecule has 2 N–H and O–H groups in total. The fraction of sp³-hybridized carbons (Fsp3) is 0.217. The highest BCUT2D eigenvalue weighted by Crippen LogP contribution is 2.16. The predicted octanol–water partition coefficient (Wildman–Crippen LogP) is 3.73. The molecule has 7 heteroatoms. The van der Waals surface area contributed by atoms with E-state index in [1.54, 1.807) is 23.9 Å². The van der Waals surface area contributed by atoms with Crippen molar-refractivity contribution < 1.29 is 14.3 Å². The van der Waals surface area contributed by atoms with Gasteiger partial charge in [0.05, 0.1) is 0 Å². The van der Waals surface area contributed by atoms with Crippen molar-refractivity contribution in [2.75, 3.05) is 23.9 Å². The van der Waals surface area contributed by atoms with E-state index in [1.165, 1.54) is 0 Å². The molecule has 0 bridgehead atoms. The molecule has 0 aliphatic heterocycles. The second-order valence-corrected chi connectivity index (χ2v) is 7.62. The number of thioether (sulfide) groups is 1. The number of rotatable bonds is 10. The number of amides is 2. The highest BCUT2D eigenvalue weighted by molar-refractivity contribution is 7.98. The first-order chi connectivity index (χ1) is 14.7. The maximum Gasteiger partial charge on any atom is 0.258 e. The van der Waals surface area contributed by atoms with Crippen LogP contribution in [0, 0.1) is 0 Å². The van der Waals surface area contributed by atoms with E-state index in [-0.39, 0.29) is 18.4 Å². The van der Waals surface area contributed by atoms with E-state index in [1.807, 2.05) is 77.8 Å². The van der Waals surface area contributed by atoms with Gasteiger partial charge in [-0.25, -0.2) is 0 Å². The third kappa shape index (κ3) is 6.42. The van der Waals surface area contributed by atoms with Gasteiger partial charge in [-0.3, -0.25) is 9.59 Å². The van der Waals surface area contributed by atoms with Gasteiger partial charge in [0, 0.05) is 23.8 Å². The van der Waals surface area contributed by atoms with Crippen LogP contribution in [0.4, 0.5) is 5.69 Å². The number of nitrogens with zero attached hydrogens (tertiary/aromatic N) is 1. The van der Waals surface area contributed by atoms with E-state index in [0.717, 1.165) is 11.4 Å². The zero-order valence-corrected chi connectivity index (χ0v) is 17.6. The van der Waals surface area contributed by atoms with Crippen LogP contribution >= 0.6 is 11.8 Å². The van der Waals surface area contributed by atoms with Crippen molar-refractivity contribution in [3.8, 4) is 11.4 Å². The number of nitrogens with one attached hydrogen (secondary N) is 2. The van der Waals surface area contributed by atoms with Crippen molar-refractivity contribution in [2.24, 2.45) is 0 Å². The highest BCUT2D eigenvalue weighted by atomic mass is 32.2. The van der Waals surface area contributed by atoms with Gasteiger partial charge in [-0.2, -0.15) is 11.8 Å². The third-order valence-electron chi connectivity index (χ3n) is 4.39. The van der Waals surface area contributed by atoms with Gasteiger partial charge in [-0.1, -0.05) is 24.3 Å². The molecule has 0 spiro atoms. The van der Waals surface area contributed by atoms with Crippen LogP contribution in [0.25, 0.3) is 5.69 Å². The molecule has 0 saturated heterocycles. The van der Waals surface area contributed by atoms with E-state index in [9.17, 15) is 9.59 Å². The van der Waals surface area contributed by atoms with Crippen molar-refractivity contribution in [3.05, 3.63) is 79.1 Å². The average molecular weight is 424 g/mol. The van der Waals surface area contributed by atoms with E-state index < -0.39 is 6.04 Å². The number of para-hydroxylation sites is 1. The van der Waals surface area contributed by atoms with Crippen LogP contribution in [0.2, 0.25) is 0 Å². The minimum absolute atomic E-state index is 0.143. The largest absolute Gasteiger partial charge is 0.484 e. The molecule has 0 fully saturated rings. The second kappa shape index (κ2) is 11.1. The zero-order chi connectivity index (χ0) is 21.2. The van der Waals surface area contributed by atoms with Gasteiger partial charge in [-0.15, -0.1) is 0 Å². The first-order valence-electron chi connectivity index (χ1n) is 9.66. The van der Waals surface area contributed by atoms with Crippen LogP contribution in [-0.2, 0) is 9.59 Å². The van der Waals surface area contributed by atoms with E-state index in [0.29, 0.717) is 17.9 Å². The number of anilines is 1. The molecular weight excluding hydrogens is 398 g/mol. The molecule has 1 unspecified atom stereocenters. The van der Waals surface area contributed by atoms with Gasteiger partial charge >= 0.3 is 0 Å². The smallest absolute Gasteiger partial charge is 0.258 e. The lowest BCUT2D eigenvalue weighted by Gasteiger charge is -2.19. The Morgan fingerprint density at radius 1 is 1.03 bits per heavy atom. The van der Waals surface area contributed by atoms with Crippen LogP contribution in [0.3, 0.4) is 0 Å². The summed E-state index contributed by atoms with van der Waals surface area (Å²) in [7, 11) is 0. The van der Waals surface area contributed by atoms with Gasteiger partial charge in [0.1, 0.15) is 11.8 Å². The van der Waals surface area contributed by atoms with Gasteiger partial charge in [0.15, 0.2) is 6.61 Å². The molecule has 1 heterocycles. The molecule has 0 aliphatic rings. The first-order valence-corrected chi connectivity index (χ1v) is 11.1. The summed E-state index contributed by atoms with van der Waals surface area (Å²) in [4.78, 5) is 25.2.